The number of amides is 1. The number of carbonyl (C=O) groups is 2. The van der Waals surface area contributed by atoms with Crippen molar-refractivity contribution in [2.24, 2.45) is 5.92 Å². The third-order valence-electron chi connectivity index (χ3n) is 4.06. The number of piperidine rings is 1. The Morgan fingerprint density at radius 2 is 1.96 bits per heavy atom. The van der Waals surface area contributed by atoms with E-state index in [0.717, 1.165) is 16.2 Å². The lowest BCUT2D eigenvalue weighted by atomic mass is 9.96. The van der Waals surface area contributed by atoms with Crippen LogP contribution in [0.15, 0.2) is 29.2 Å². The molecule has 0 bridgehead atoms. The van der Waals surface area contributed by atoms with Crippen molar-refractivity contribution in [3.63, 3.8) is 0 Å². The largest absolute Gasteiger partial charge is 0.466 e. The van der Waals surface area contributed by atoms with Crippen LogP contribution in [0, 0.1) is 5.92 Å². The maximum Gasteiger partial charge on any atom is 0.309 e. The third-order valence-corrected chi connectivity index (χ3v) is 5.10. The highest BCUT2D eigenvalue weighted by Crippen LogP contribution is 2.26. The summed E-state index contributed by atoms with van der Waals surface area (Å²) in [6.45, 7) is 4.07. The second-order valence-electron chi connectivity index (χ2n) is 5.66. The lowest BCUT2D eigenvalue weighted by Crippen LogP contribution is -2.40. The van der Waals surface area contributed by atoms with Crippen LogP contribution < -0.4 is 0 Å². The van der Waals surface area contributed by atoms with Crippen LogP contribution in [0.5, 0.6) is 0 Å². The van der Waals surface area contributed by atoms with Crippen molar-refractivity contribution in [3.8, 4) is 0 Å². The Labute approximate surface area is 147 Å². The average Bonchev–Trinajstić information content (AvgIpc) is 2.62. The second kappa shape index (κ2) is 9.69. The van der Waals surface area contributed by atoms with Crippen LogP contribution in [-0.4, -0.2) is 55.9 Å². The van der Waals surface area contributed by atoms with E-state index in [-0.39, 0.29) is 17.8 Å². The molecule has 1 saturated heterocycles. The van der Waals surface area contributed by atoms with Gasteiger partial charge in [0.1, 0.15) is 0 Å². The van der Waals surface area contributed by atoms with Crippen LogP contribution in [0.1, 0.15) is 30.1 Å². The molecule has 1 heterocycles. The van der Waals surface area contributed by atoms with Gasteiger partial charge in [-0.05, 0) is 31.9 Å². The lowest BCUT2D eigenvalue weighted by molar-refractivity contribution is -0.149. The molecular weight excluding hydrogens is 326 g/mol. The van der Waals surface area contributed by atoms with E-state index >= 15 is 0 Å². The highest BCUT2D eigenvalue weighted by Gasteiger charge is 2.29. The molecule has 1 aliphatic rings. The lowest BCUT2D eigenvalue weighted by Gasteiger charge is -2.31. The van der Waals surface area contributed by atoms with Gasteiger partial charge in [-0.2, -0.15) is 0 Å². The SMILES string of the molecule is CCOC(=O)C1CCN(C(=O)c2ccccc2SCCOC)CC1. The number of hydrogen-bond donors (Lipinski definition) is 0. The molecule has 0 unspecified atom stereocenters. The average molecular weight is 351 g/mol. The Bertz CT molecular complexity index is 556. The van der Waals surface area contributed by atoms with E-state index in [1.165, 1.54) is 0 Å². The van der Waals surface area contributed by atoms with E-state index in [1.807, 2.05) is 36.1 Å². The molecule has 0 aliphatic carbocycles. The van der Waals surface area contributed by atoms with Gasteiger partial charge in [0.2, 0.25) is 0 Å². The summed E-state index contributed by atoms with van der Waals surface area (Å²) in [5.41, 5.74) is 0.730. The Morgan fingerprint density at radius 1 is 1.25 bits per heavy atom. The molecule has 0 aromatic heterocycles. The van der Waals surface area contributed by atoms with Crippen molar-refractivity contribution >= 4 is 23.6 Å². The number of rotatable bonds is 7. The first kappa shape index (κ1) is 18.8. The molecule has 24 heavy (non-hydrogen) atoms. The van der Waals surface area contributed by atoms with Gasteiger partial charge < -0.3 is 14.4 Å². The van der Waals surface area contributed by atoms with Crippen LogP contribution in [0.25, 0.3) is 0 Å². The van der Waals surface area contributed by atoms with Crippen molar-refractivity contribution < 1.29 is 19.1 Å². The first-order valence-corrected chi connectivity index (χ1v) is 9.32. The monoisotopic (exact) mass is 351 g/mol. The predicted octanol–water partition coefficient (Wildman–Crippen LogP) is 2.84. The molecule has 0 saturated carbocycles. The summed E-state index contributed by atoms with van der Waals surface area (Å²) in [7, 11) is 1.67. The van der Waals surface area contributed by atoms with E-state index in [4.69, 9.17) is 9.47 Å². The molecule has 0 atom stereocenters. The number of carbonyl (C=O) groups excluding carboxylic acids is 2. The smallest absolute Gasteiger partial charge is 0.309 e. The summed E-state index contributed by atoms with van der Waals surface area (Å²) < 4.78 is 10.2. The molecule has 0 N–H and O–H groups in total. The Hall–Kier alpha value is -1.53. The molecule has 1 fully saturated rings. The second-order valence-corrected chi connectivity index (χ2v) is 6.79. The summed E-state index contributed by atoms with van der Waals surface area (Å²) in [4.78, 5) is 27.4. The normalized spacial score (nSPS) is 15.3. The fourth-order valence-electron chi connectivity index (χ4n) is 2.75. The van der Waals surface area contributed by atoms with Gasteiger partial charge in [0, 0.05) is 30.8 Å². The number of likely N-dealkylation sites (tertiary alicyclic amines) is 1. The van der Waals surface area contributed by atoms with Gasteiger partial charge in [0.15, 0.2) is 0 Å². The zero-order valence-corrected chi connectivity index (χ0v) is 15.1. The molecule has 0 radical (unpaired) electrons. The Kier molecular flexibility index (Phi) is 7.59. The van der Waals surface area contributed by atoms with Crippen LogP contribution >= 0.6 is 11.8 Å². The van der Waals surface area contributed by atoms with E-state index in [2.05, 4.69) is 0 Å². The minimum atomic E-state index is -0.139. The van der Waals surface area contributed by atoms with Crippen LogP contribution in [0.4, 0.5) is 0 Å². The van der Waals surface area contributed by atoms with Crippen molar-refractivity contribution in [2.45, 2.75) is 24.7 Å². The molecule has 0 spiro atoms. The molecular formula is C18H25NO4S. The predicted molar refractivity (Wildman–Crippen MR) is 94.3 cm³/mol. The fraction of sp³-hybridized carbons (Fsp3) is 0.556. The molecule has 1 amide bonds. The van der Waals surface area contributed by atoms with Gasteiger partial charge in [0.05, 0.1) is 24.7 Å². The van der Waals surface area contributed by atoms with Crippen LogP contribution in [0.3, 0.4) is 0 Å². The number of ether oxygens (including phenoxy) is 2. The summed E-state index contributed by atoms with van der Waals surface area (Å²) in [5.74, 6) is 0.629. The van der Waals surface area contributed by atoms with Crippen molar-refractivity contribution in [1.29, 1.82) is 0 Å². The summed E-state index contributed by atoms with van der Waals surface area (Å²) in [6, 6.07) is 7.67. The zero-order valence-electron chi connectivity index (χ0n) is 14.3. The number of methoxy groups -OCH3 is 1. The maximum absolute atomic E-state index is 12.8. The summed E-state index contributed by atoms with van der Waals surface area (Å²) in [5, 5.41) is 0. The topological polar surface area (TPSA) is 55.8 Å². The van der Waals surface area contributed by atoms with Crippen LogP contribution in [0.2, 0.25) is 0 Å². The minimum Gasteiger partial charge on any atom is -0.466 e. The fourth-order valence-corrected chi connectivity index (χ4v) is 3.71. The van der Waals surface area contributed by atoms with Gasteiger partial charge in [-0.25, -0.2) is 0 Å². The van der Waals surface area contributed by atoms with Crippen molar-refractivity contribution in [2.75, 3.05) is 39.2 Å². The van der Waals surface area contributed by atoms with Crippen LogP contribution in [-0.2, 0) is 14.3 Å². The highest BCUT2D eigenvalue weighted by molar-refractivity contribution is 7.99. The number of hydrogen-bond acceptors (Lipinski definition) is 5. The van der Waals surface area contributed by atoms with Gasteiger partial charge in [-0.3, -0.25) is 9.59 Å². The molecule has 1 aliphatic heterocycles. The van der Waals surface area contributed by atoms with E-state index in [0.29, 0.717) is 39.1 Å². The third kappa shape index (κ3) is 4.98. The van der Waals surface area contributed by atoms with Crippen molar-refractivity contribution in [1.82, 2.24) is 4.90 Å². The standard InChI is InChI=1S/C18H25NO4S/c1-3-23-18(21)14-8-10-19(11-9-14)17(20)15-6-4-5-7-16(15)24-13-12-22-2/h4-7,14H,3,8-13H2,1-2H3. The molecule has 1 aromatic rings. The molecule has 5 nitrogen and oxygen atoms in total. The Balaban J connectivity index is 1.96. The van der Waals surface area contributed by atoms with Gasteiger partial charge in [0.25, 0.3) is 5.91 Å². The molecule has 6 heteroatoms. The molecule has 1 aromatic carbocycles. The van der Waals surface area contributed by atoms with Gasteiger partial charge in [-0.15, -0.1) is 11.8 Å². The highest BCUT2D eigenvalue weighted by atomic mass is 32.2. The van der Waals surface area contributed by atoms with E-state index in [1.54, 1.807) is 18.9 Å². The first-order valence-electron chi connectivity index (χ1n) is 8.34. The van der Waals surface area contributed by atoms with E-state index in [9.17, 15) is 9.59 Å². The Morgan fingerprint density at radius 3 is 2.62 bits per heavy atom. The summed E-state index contributed by atoms with van der Waals surface area (Å²) in [6.07, 6.45) is 1.34. The molecule has 2 rings (SSSR count). The number of nitrogens with zero attached hydrogens (tertiary/aromatic N) is 1. The number of esters is 1. The zero-order chi connectivity index (χ0) is 17.4. The van der Waals surface area contributed by atoms with Crippen molar-refractivity contribution in [3.05, 3.63) is 29.8 Å². The minimum absolute atomic E-state index is 0.0397. The quantitative estimate of drug-likeness (QED) is 0.429. The first-order chi connectivity index (χ1) is 11.7. The van der Waals surface area contributed by atoms with Gasteiger partial charge in [-0.1, -0.05) is 12.1 Å². The number of thioether (sulfide) groups is 1. The molecule has 132 valence electrons. The van der Waals surface area contributed by atoms with Gasteiger partial charge >= 0.3 is 5.97 Å². The van der Waals surface area contributed by atoms with E-state index < -0.39 is 0 Å². The maximum atomic E-state index is 12.8. The summed E-state index contributed by atoms with van der Waals surface area (Å²) >= 11 is 1.63. The number of benzene rings is 1.